The van der Waals surface area contributed by atoms with Crippen LogP contribution in [0.1, 0.15) is 36.7 Å². The van der Waals surface area contributed by atoms with Crippen LogP contribution >= 0.6 is 0 Å². The van der Waals surface area contributed by atoms with Crippen molar-refractivity contribution in [3.8, 4) is 11.6 Å². The summed E-state index contributed by atoms with van der Waals surface area (Å²) in [6, 6.07) is 8.78. The number of carboxylic acid groups (broad SMARTS) is 1. The Labute approximate surface area is 266 Å². The average Bonchev–Trinajstić information content (AvgIpc) is 3.71. The smallest absolute Gasteiger partial charge is 0.409 e. The number of piperazine rings is 1. The number of sulfone groups is 1. The van der Waals surface area contributed by atoms with Crippen molar-refractivity contribution in [1.29, 1.82) is 0 Å². The fourth-order valence-corrected chi connectivity index (χ4v) is 6.15. The number of amides is 4. The highest BCUT2D eigenvalue weighted by atomic mass is 32.2. The molecule has 2 saturated heterocycles. The van der Waals surface area contributed by atoms with Crippen molar-refractivity contribution < 1.29 is 47.0 Å². The third kappa shape index (κ3) is 8.74. The zero-order valence-corrected chi connectivity index (χ0v) is 26.5. The number of carbonyl (C=O) groups excluding carboxylic acids is 4. The molecule has 0 aliphatic carbocycles. The van der Waals surface area contributed by atoms with Crippen molar-refractivity contribution >= 4 is 39.6 Å². The first kappa shape index (κ1) is 34.2. The number of rotatable bonds is 12. The van der Waals surface area contributed by atoms with Gasteiger partial charge in [0.1, 0.15) is 6.04 Å². The quantitative estimate of drug-likeness (QED) is 0.314. The van der Waals surface area contributed by atoms with E-state index in [1.165, 1.54) is 25.4 Å². The molecule has 17 heteroatoms. The molecule has 0 radical (unpaired) electrons. The van der Waals surface area contributed by atoms with E-state index < -0.39 is 57.5 Å². The molecule has 2 aliphatic heterocycles. The number of aromatic nitrogens is 2. The van der Waals surface area contributed by atoms with Crippen LogP contribution < -0.4 is 10.1 Å². The second kappa shape index (κ2) is 15.1. The number of likely N-dealkylation sites (tertiary alicyclic amines) is 1. The molecule has 2 aliphatic rings. The molecular weight excluding hydrogens is 624 g/mol. The summed E-state index contributed by atoms with van der Waals surface area (Å²) in [4.78, 5) is 67.4. The Kier molecular flexibility index (Phi) is 11.2. The molecule has 2 N–H and O–H groups in total. The second-order valence-corrected chi connectivity index (χ2v) is 13.3. The van der Waals surface area contributed by atoms with Crippen molar-refractivity contribution in [2.45, 2.75) is 37.5 Å². The number of nitrogens with zero attached hydrogens (tertiary/aromatic N) is 5. The molecule has 1 aromatic carbocycles. The highest BCUT2D eigenvalue weighted by Crippen LogP contribution is 2.21. The first-order valence-electron chi connectivity index (χ1n) is 14.9. The highest BCUT2D eigenvalue weighted by molar-refractivity contribution is 7.91. The average molecular weight is 663 g/mol. The van der Waals surface area contributed by atoms with Gasteiger partial charge in [-0.05, 0) is 31.9 Å². The zero-order valence-electron chi connectivity index (χ0n) is 25.7. The molecule has 46 heavy (non-hydrogen) atoms. The number of carbonyl (C=O) groups is 5. The van der Waals surface area contributed by atoms with Crippen LogP contribution in [0.4, 0.5) is 4.79 Å². The first-order valence-corrected chi connectivity index (χ1v) is 16.8. The summed E-state index contributed by atoms with van der Waals surface area (Å²) in [6.45, 7) is 2.60. The molecule has 0 spiro atoms. The van der Waals surface area contributed by atoms with Crippen molar-refractivity contribution in [3.05, 3.63) is 42.1 Å². The third-order valence-corrected chi connectivity index (χ3v) is 9.32. The van der Waals surface area contributed by atoms with E-state index in [1.54, 1.807) is 37.3 Å². The lowest BCUT2D eigenvalue weighted by molar-refractivity contribution is -0.138. The molecular formula is C29H38N6O10S. The van der Waals surface area contributed by atoms with Crippen LogP contribution in [0, 0.1) is 0 Å². The van der Waals surface area contributed by atoms with Crippen molar-refractivity contribution in [1.82, 2.24) is 29.8 Å². The molecule has 3 heterocycles. The molecule has 1 unspecified atom stereocenters. The lowest BCUT2D eigenvalue weighted by Gasteiger charge is -2.35. The molecule has 2 aromatic rings. The van der Waals surface area contributed by atoms with E-state index >= 15 is 0 Å². The molecule has 4 amide bonds. The maximum atomic E-state index is 13.4. The van der Waals surface area contributed by atoms with Gasteiger partial charge < -0.3 is 34.6 Å². The second-order valence-electron chi connectivity index (χ2n) is 11.0. The number of carboxylic acids is 1. The molecule has 2 atom stereocenters. The summed E-state index contributed by atoms with van der Waals surface area (Å²) < 4.78 is 35.9. The van der Waals surface area contributed by atoms with Gasteiger partial charge in [-0.3, -0.25) is 19.2 Å². The third-order valence-electron chi connectivity index (χ3n) is 7.72. The summed E-state index contributed by atoms with van der Waals surface area (Å²) in [6.07, 6.45) is 0.418. The predicted molar refractivity (Wildman–Crippen MR) is 162 cm³/mol. The number of benzene rings is 1. The standard InChI is InChI=1S/C29H38N6O10S/c1-3-44-29(41)33-15-13-32(14-16-33)28(40)22(9-10-26(37)38)30-27(39)23-17-25(35(31-23)20-7-5-4-6-8-20)45-19-24(36)34-12-11-21(18-34)46(2,42)43/h4-8,17,21-22H,3,9-16,18-19H2,1-2H3,(H,30,39)(H,37,38)/t21?,22-/m0/s1. The summed E-state index contributed by atoms with van der Waals surface area (Å²) in [5, 5.41) is 15.6. The zero-order chi connectivity index (χ0) is 33.4. The lowest BCUT2D eigenvalue weighted by atomic mass is 10.1. The van der Waals surface area contributed by atoms with Gasteiger partial charge >= 0.3 is 12.1 Å². The number of nitrogens with one attached hydrogen (secondary N) is 1. The van der Waals surface area contributed by atoms with Gasteiger partial charge in [0.25, 0.3) is 11.8 Å². The van der Waals surface area contributed by atoms with Gasteiger partial charge in [-0.2, -0.15) is 5.10 Å². The van der Waals surface area contributed by atoms with Gasteiger partial charge in [-0.25, -0.2) is 17.9 Å². The number of hydrogen-bond donors (Lipinski definition) is 2. The maximum absolute atomic E-state index is 13.4. The van der Waals surface area contributed by atoms with E-state index in [2.05, 4.69) is 10.4 Å². The Hall–Kier alpha value is -4.67. The van der Waals surface area contributed by atoms with Crippen molar-refractivity contribution in [3.63, 3.8) is 0 Å². The van der Waals surface area contributed by atoms with Gasteiger partial charge in [-0.15, -0.1) is 0 Å². The number of ether oxygens (including phenoxy) is 2. The fraction of sp³-hybridized carbons (Fsp3) is 0.517. The lowest BCUT2D eigenvalue weighted by Crippen LogP contribution is -2.56. The normalized spacial score (nSPS) is 17.3. The highest BCUT2D eigenvalue weighted by Gasteiger charge is 2.34. The SMILES string of the molecule is CCOC(=O)N1CCN(C(=O)[C@H](CCC(=O)O)NC(=O)c2cc(OCC(=O)N3CCC(S(C)(=O)=O)C3)n(-c3ccccc3)n2)CC1. The predicted octanol–water partition coefficient (Wildman–Crippen LogP) is 0.161. The molecule has 4 rings (SSSR count). The number of para-hydroxylation sites is 1. The van der Waals surface area contributed by atoms with Crippen LogP contribution in [0.3, 0.4) is 0 Å². The van der Waals surface area contributed by atoms with Crippen molar-refractivity contribution in [2.75, 3.05) is 58.7 Å². The van der Waals surface area contributed by atoms with Crippen LogP contribution in [0.5, 0.6) is 5.88 Å². The fourth-order valence-electron chi connectivity index (χ4n) is 5.17. The summed E-state index contributed by atoms with van der Waals surface area (Å²) in [5.41, 5.74) is 0.366. The van der Waals surface area contributed by atoms with E-state index in [4.69, 9.17) is 9.47 Å². The minimum atomic E-state index is -3.30. The Morgan fingerprint density at radius 1 is 1.02 bits per heavy atom. The summed E-state index contributed by atoms with van der Waals surface area (Å²) in [7, 11) is -3.30. The summed E-state index contributed by atoms with van der Waals surface area (Å²) in [5.74, 6) is -2.79. The van der Waals surface area contributed by atoms with Gasteiger partial charge in [-0.1, -0.05) is 18.2 Å². The Bertz CT molecular complexity index is 1540. The monoisotopic (exact) mass is 662 g/mol. The van der Waals surface area contributed by atoms with Crippen molar-refractivity contribution in [2.24, 2.45) is 0 Å². The molecule has 0 saturated carbocycles. The van der Waals surface area contributed by atoms with Gasteiger partial charge in [0, 0.05) is 58.0 Å². The van der Waals surface area contributed by atoms with Crippen LogP contribution in [0.2, 0.25) is 0 Å². The molecule has 0 bridgehead atoms. The molecule has 250 valence electrons. The van der Waals surface area contributed by atoms with Crippen LogP contribution in [-0.2, 0) is 29.0 Å². The van der Waals surface area contributed by atoms with Gasteiger partial charge in [0.2, 0.25) is 11.8 Å². The van der Waals surface area contributed by atoms with E-state index in [0.29, 0.717) is 12.1 Å². The minimum Gasteiger partial charge on any atom is -0.481 e. The summed E-state index contributed by atoms with van der Waals surface area (Å²) >= 11 is 0. The Morgan fingerprint density at radius 2 is 1.70 bits per heavy atom. The van der Waals surface area contributed by atoms with E-state index in [-0.39, 0.29) is 70.3 Å². The Balaban J connectivity index is 1.48. The van der Waals surface area contributed by atoms with Crippen LogP contribution in [0.25, 0.3) is 5.69 Å². The van der Waals surface area contributed by atoms with Crippen LogP contribution in [-0.4, -0.2) is 138 Å². The van der Waals surface area contributed by atoms with E-state index in [0.717, 1.165) is 6.26 Å². The molecule has 1 aromatic heterocycles. The molecule has 2 fully saturated rings. The minimum absolute atomic E-state index is 0.0482. The van der Waals surface area contributed by atoms with E-state index in [9.17, 15) is 37.5 Å². The van der Waals surface area contributed by atoms with Crippen LogP contribution in [0.15, 0.2) is 36.4 Å². The maximum Gasteiger partial charge on any atom is 0.409 e. The Morgan fingerprint density at radius 3 is 2.30 bits per heavy atom. The van der Waals surface area contributed by atoms with E-state index in [1.807, 2.05) is 0 Å². The van der Waals surface area contributed by atoms with Gasteiger partial charge in [0.05, 0.1) is 17.5 Å². The molecule has 16 nitrogen and oxygen atoms in total. The number of aliphatic carboxylic acids is 1. The topological polar surface area (TPSA) is 198 Å². The first-order chi connectivity index (χ1) is 21.9. The number of hydrogen-bond acceptors (Lipinski definition) is 10. The largest absolute Gasteiger partial charge is 0.481 e. The van der Waals surface area contributed by atoms with Gasteiger partial charge in [0.15, 0.2) is 22.1 Å².